The Morgan fingerprint density at radius 2 is 1.75 bits per heavy atom. The fraction of sp³-hybridized carbons (Fsp3) is 0.222. The summed E-state index contributed by atoms with van der Waals surface area (Å²) in [6, 6.07) is 18.9. The number of aromatic hydroxyl groups is 1. The van der Waals surface area contributed by atoms with Gasteiger partial charge in [-0.05, 0) is 51.8 Å². The van der Waals surface area contributed by atoms with Crippen LogP contribution in [0.4, 0.5) is 10.1 Å². The third kappa shape index (κ3) is 4.23. The Kier molecular flexibility index (Phi) is 6.48. The second-order valence-electron chi connectivity index (χ2n) is 8.74. The SMILES string of the molecule is Cn1c(=O)c(C#N)c(N2CCN([C@H](c3ccc(F)cc3)c3ccccc3O)CC2)c2nc(Br)ccc21. The van der Waals surface area contributed by atoms with Crippen molar-refractivity contribution in [2.75, 3.05) is 31.1 Å². The van der Waals surface area contributed by atoms with E-state index in [0.29, 0.717) is 47.5 Å². The number of phenols is 1. The zero-order valence-electron chi connectivity index (χ0n) is 19.5. The van der Waals surface area contributed by atoms with Gasteiger partial charge in [0.05, 0.1) is 17.2 Å². The molecule has 0 aliphatic carbocycles. The van der Waals surface area contributed by atoms with Crippen LogP contribution in [0, 0.1) is 17.1 Å². The minimum Gasteiger partial charge on any atom is -0.508 e. The van der Waals surface area contributed by atoms with Crippen molar-refractivity contribution in [1.29, 1.82) is 5.26 Å². The predicted octanol–water partition coefficient (Wildman–Crippen LogP) is 4.32. The second-order valence-corrected chi connectivity index (χ2v) is 9.55. The van der Waals surface area contributed by atoms with Crippen molar-refractivity contribution < 1.29 is 9.50 Å². The molecule has 4 aromatic rings. The van der Waals surface area contributed by atoms with Gasteiger partial charge < -0.3 is 14.6 Å². The van der Waals surface area contributed by atoms with Crippen molar-refractivity contribution in [3.8, 4) is 11.8 Å². The average Bonchev–Trinajstić information content (AvgIpc) is 2.89. The largest absolute Gasteiger partial charge is 0.508 e. The van der Waals surface area contributed by atoms with Crippen molar-refractivity contribution in [2.45, 2.75) is 6.04 Å². The lowest BCUT2D eigenvalue weighted by Gasteiger charge is -2.41. The summed E-state index contributed by atoms with van der Waals surface area (Å²) in [5.74, 6) is -0.146. The summed E-state index contributed by atoms with van der Waals surface area (Å²) in [4.78, 5) is 21.8. The standard InChI is InChI=1S/C27H23BrFN5O2/c1-32-21-10-11-23(28)31-24(21)26(20(16-30)27(32)36)34-14-12-33(13-15-34)25(17-6-8-18(29)9-7-17)19-4-2-3-5-22(19)35/h2-11,25,35H,12-15H2,1H3/t25-/m1/s1. The Hall–Kier alpha value is -3.74. The smallest absolute Gasteiger partial charge is 0.270 e. The van der Waals surface area contributed by atoms with Gasteiger partial charge in [0.2, 0.25) is 0 Å². The molecule has 182 valence electrons. The first-order valence-electron chi connectivity index (χ1n) is 11.5. The summed E-state index contributed by atoms with van der Waals surface area (Å²) < 4.78 is 15.7. The van der Waals surface area contributed by atoms with Gasteiger partial charge in [-0.25, -0.2) is 9.37 Å². The topological polar surface area (TPSA) is 85.4 Å². The van der Waals surface area contributed by atoms with E-state index in [-0.39, 0.29) is 28.7 Å². The molecule has 5 rings (SSSR count). The van der Waals surface area contributed by atoms with Crippen LogP contribution in [0.5, 0.6) is 5.75 Å². The summed E-state index contributed by atoms with van der Waals surface area (Å²) in [6.07, 6.45) is 0. The summed E-state index contributed by atoms with van der Waals surface area (Å²) in [7, 11) is 1.64. The fourth-order valence-electron chi connectivity index (χ4n) is 4.93. The number of rotatable bonds is 4. The zero-order valence-corrected chi connectivity index (χ0v) is 21.1. The molecule has 0 spiro atoms. The van der Waals surface area contributed by atoms with E-state index < -0.39 is 0 Å². The normalized spacial score (nSPS) is 15.1. The molecule has 0 unspecified atom stereocenters. The van der Waals surface area contributed by atoms with E-state index in [4.69, 9.17) is 0 Å². The van der Waals surface area contributed by atoms with Crippen LogP contribution in [0.15, 0.2) is 70.1 Å². The van der Waals surface area contributed by atoms with Crippen LogP contribution >= 0.6 is 15.9 Å². The number of hydrogen-bond donors (Lipinski definition) is 1. The van der Waals surface area contributed by atoms with E-state index in [1.807, 2.05) is 23.1 Å². The molecule has 1 saturated heterocycles. The van der Waals surface area contributed by atoms with E-state index >= 15 is 0 Å². The van der Waals surface area contributed by atoms with Crippen molar-refractivity contribution in [3.63, 3.8) is 0 Å². The molecule has 2 aromatic heterocycles. The Morgan fingerprint density at radius 1 is 1.06 bits per heavy atom. The van der Waals surface area contributed by atoms with E-state index in [9.17, 15) is 19.6 Å². The maximum atomic E-state index is 13.7. The van der Waals surface area contributed by atoms with E-state index in [0.717, 1.165) is 11.1 Å². The molecule has 7 nitrogen and oxygen atoms in total. The molecule has 0 radical (unpaired) electrons. The van der Waals surface area contributed by atoms with Crippen LogP contribution in [0.1, 0.15) is 22.7 Å². The number of halogens is 2. The molecular formula is C27H23BrFN5O2. The molecule has 0 saturated carbocycles. The van der Waals surface area contributed by atoms with Gasteiger partial charge in [0.1, 0.15) is 33.3 Å². The van der Waals surface area contributed by atoms with Crippen LogP contribution in [0.25, 0.3) is 11.0 Å². The number of fused-ring (bicyclic) bond motifs is 1. The second kappa shape index (κ2) is 9.72. The highest BCUT2D eigenvalue weighted by Crippen LogP contribution is 2.36. The van der Waals surface area contributed by atoms with Crippen LogP contribution in [0.3, 0.4) is 0 Å². The lowest BCUT2D eigenvalue weighted by Crippen LogP contribution is -2.48. The Labute approximate surface area is 215 Å². The van der Waals surface area contributed by atoms with Crippen molar-refractivity contribution in [1.82, 2.24) is 14.5 Å². The van der Waals surface area contributed by atoms with Crippen LogP contribution in [-0.4, -0.2) is 45.7 Å². The number of phenolic OH excluding ortho intramolecular Hbond substituents is 1. The first kappa shape index (κ1) is 24.0. The summed E-state index contributed by atoms with van der Waals surface area (Å²) in [5.41, 5.74) is 3.10. The van der Waals surface area contributed by atoms with E-state index in [2.05, 4.69) is 31.9 Å². The highest BCUT2D eigenvalue weighted by Gasteiger charge is 2.30. The zero-order chi connectivity index (χ0) is 25.4. The third-order valence-electron chi connectivity index (χ3n) is 6.71. The van der Waals surface area contributed by atoms with Gasteiger partial charge in [-0.2, -0.15) is 5.26 Å². The monoisotopic (exact) mass is 547 g/mol. The van der Waals surface area contributed by atoms with Crippen LogP contribution in [0.2, 0.25) is 0 Å². The molecule has 1 atom stereocenters. The maximum absolute atomic E-state index is 13.7. The van der Waals surface area contributed by atoms with Crippen LogP contribution < -0.4 is 10.5 Å². The van der Waals surface area contributed by atoms with Crippen molar-refractivity contribution in [2.24, 2.45) is 7.05 Å². The highest BCUT2D eigenvalue weighted by molar-refractivity contribution is 9.10. The number of nitriles is 1. The van der Waals surface area contributed by atoms with Crippen molar-refractivity contribution in [3.05, 3.63) is 98.1 Å². The third-order valence-corrected chi connectivity index (χ3v) is 7.15. The molecule has 2 aromatic carbocycles. The predicted molar refractivity (Wildman–Crippen MR) is 140 cm³/mol. The summed E-state index contributed by atoms with van der Waals surface area (Å²) in [5, 5.41) is 20.5. The van der Waals surface area contributed by atoms with Gasteiger partial charge in [0.15, 0.2) is 0 Å². The van der Waals surface area contributed by atoms with Gasteiger partial charge in [-0.1, -0.05) is 30.3 Å². The first-order valence-corrected chi connectivity index (χ1v) is 12.3. The van der Waals surface area contributed by atoms with E-state index in [1.165, 1.54) is 16.7 Å². The lowest BCUT2D eigenvalue weighted by molar-refractivity contribution is 0.209. The van der Waals surface area contributed by atoms with Gasteiger partial charge in [-0.15, -0.1) is 0 Å². The fourth-order valence-corrected chi connectivity index (χ4v) is 5.24. The molecule has 3 heterocycles. The summed E-state index contributed by atoms with van der Waals surface area (Å²) >= 11 is 3.41. The molecule has 1 N–H and O–H groups in total. The van der Waals surface area contributed by atoms with Gasteiger partial charge in [0, 0.05) is 38.8 Å². The molecule has 1 fully saturated rings. The molecule has 9 heteroatoms. The number of benzene rings is 2. The van der Waals surface area contributed by atoms with Crippen molar-refractivity contribution >= 4 is 32.7 Å². The Bertz CT molecular complexity index is 1540. The van der Waals surface area contributed by atoms with Gasteiger partial charge in [0.25, 0.3) is 5.56 Å². The Morgan fingerprint density at radius 3 is 2.42 bits per heavy atom. The minimum absolute atomic E-state index is 0.0693. The number of nitrogens with zero attached hydrogens (tertiary/aromatic N) is 5. The first-order chi connectivity index (χ1) is 17.4. The average molecular weight is 548 g/mol. The van der Waals surface area contributed by atoms with Gasteiger partial charge in [-0.3, -0.25) is 9.69 Å². The Balaban J connectivity index is 1.53. The quantitative estimate of drug-likeness (QED) is 0.383. The molecule has 1 aliphatic rings. The number of pyridine rings is 2. The number of piperazine rings is 1. The van der Waals surface area contributed by atoms with Gasteiger partial charge >= 0.3 is 0 Å². The molecule has 0 amide bonds. The lowest BCUT2D eigenvalue weighted by atomic mass is 9.95. The number of aryl methyl sites for hydroxylation is 1. The maximum Gasteiger partial charge on any atom is 0.270 e. The summed E-state index contributed by atoms with van der Waals surface area (Å²) in [6.45, 7) is 2.25. The highest BCUT2D eigenvalue weighted by atomic mass is 79.9. The number of aromatic nitrogens is 2. The number of hydrogen-bond acceptors (Lipinski definition) is 6. The molecule has 0 bridgehead atoms. The van der Waals surface area contributed by atoms with E-state index in [1.54, 1.807) is 37.4 Å². The number of anilines is 1. The number of para-hydroxylation sites is 1. The molecule has 36 heavy (non-hydrogen) atoms. The minimum atomic E-state index is -0.357. The molecular weight excluding hydrogens is 525 g/mol. The molecule has 1 aliphatic heterocycles. The van der Waals surface area contributed by atoms with Crippen LogP contribution in [-0.2, 0) is 7.05 Å².